The molecule has 8 heteroatoms. The van der Waals surface area contributed by atoms with Gasteiger partial charge in [0, 0.05) is 55.3 Å². The molecule has 33 heavy (non-hydrogen) atoms. The van der Waals surface area contributed by atoms with Crippen LogP contribution in [0.3, 0.4) is 0 Å². The van der Waals surface area contributed by atoms with Gasteiger partial charge in [-0.1, -0.05) is 46.6 Å². The second kappa shape index (κ2) is 11.4. The smallest absolute Gasteiger partial charge is 0.253 e. The Kier molecular flexibility index (Phi) is 8.10. The van der Waals surface area contributed by atoms with Crippen molar-refractivity contribution in [1.29, 1.82) is 0 Å². The van der Waals surface area contributed by atoms with E-state index in [2.05, 4.69) is 15.0 Å². The molecule has 4 rings (SSSR count). The standard InChI is InChI=1S/C25H29ClN4O3/c1-19-6-8-20(9-7-19)25(31)30(12-3-11-29-14-16-32-17-15-29)13-10-23-27-24(28-33-23)21-4-2-5-22(26)18-21/h2,4-9,18H,3,10-17H2,1H3. The van der Waals surface area contributed by atoms with Gasteiger partial charge in [0.1, 0.15) is 0 Å². The molecule has 0 spiro atoms. The van der Waals surface area contributed by atoms with Crippen molar-refractivity contribution >= 4 is 17.5 Å². The van der Waals surface area contributed by atoms with E-state index in [0.717, 1.165) is 50.4 Å². The lowest BCUT2D eigenvalue weighted by Crippen LogP contribution is -2.39. The van der Waals surface area contributed by atoms with Crippen LogP contribution in [0.4, 0.5) is 0 Å². The fourth-order valence-electron chi connectivity index (χ4n) is 3.84. The highest BCUT2D eigenvalue weighted by Crippen LogP contribution is 2.20. The second-order valence-corrected chi connectivity index (χ2v) is 8.67. The van der Waals surface area contributed by atoms with Crippen molar-refractivity contribution < 1.29 is 14.1 Å². The second-order valence-electron chi connectivity index (χ2n) is 8.24. The average molecular weight is 469 g/mol. The maximum atomic E-state index is 13.2. The van der Waals surface area contributed by atoms with Crippen LogP contribution in [0.25, 0.3) is 11.4 Å². The SMILES string of the molecule is Cc1ccc(C(=O)N(CCCN2CCOCC2)CCc2nc(-c3cccc(Cl)c3)no2)cc1. The normalized spacial score (nSPS) is 14.4. The molecule has 7 nitrogen and oxygen atoms in total. The molecule has 1 saturated heterocycles. The number of aryl methyl sites for hydroxylation is 1. The van der Waals surface area contributed by atoms with E-state index in [1.807, 2.05) is 48.2 Å². The zero-order valence-corrected chi connectivity index (χ0v) is 19.6. The topological polar surface area (TPSA) is 71.7 Å². The lowest BCUT2D eigenvalue weighted by molar-refractivity contribution is 0.0357. The molecule has 3 aromatic rings. The Labute approximate surface area is 199 Å². The fraction of sp³-hybridized carbons (Fsp3) is 0.400. The van der Waals surface area contributed by atoms with E-state index in [1.165, 1.54) is 0 Å². The van der Waals surface area contributed by atoms with Crippen molar-refractivity contribution in [2.24, 2.45) is 0 Å². The van der Waals surface area contributed by atoms with Gasteiger partial charge in [0.05, 0.1) is 13.2 Å². The van der Waals surface area contributed by atoms with Crippen molar-refractivity contribution in [2.45, 2.75) is 19.8 Å². The molecule has 0 aliphatic carbocycles. The van der Waals surface area contributed by atoms with Crippen molar-refractivity contribution in [3.05, 3.63) is 70.6 Å². The molecule has 1 amide bonds. The third-order valence-electron chi connectivity index (χ3n) is 5.74. The molecule has 1 aliphatic heterocycles. The quantitative estimate of drug-likeness (QED) is 0.470. The first-order valence-electron chi connectivity index (χ1n) is 11.3. The van der Waals surface area contributed by atoms with Crippen LogP contribution in [0.1, 0.15) is 28.2 Å². The van der Waals surface area contributed by atoms with Gasteiger partial charge in [-0.15, -0.1) is 0 Å². The molecule has 0 bridgehead atoms. The van der Waals surface area contributed by atoms with E-state index in [4.69, 9.17) is 20.9 Å². The van der Waals surface area contributed by atoms with Gasteiger partial charge in [-0.2, -0.15) is 4.98 Å². The Balaban J connectivity index is 1.40. The van der Waals surface area contributed by atoms with Gasteiger partial charge in [0.2, 0.25) is 11.7 Å². The number of morpholine rings is 1. The molecular formula is C25H29ClN4O3. The van der Waals surface area contributed by atoms with Crippen LogP contribution in [-0.2, 0) is 11.2 Å². The predicted octanol–water partition coefficient (Wildman–Crippen LogP) is 4.11. The summed E-state index contributed by atoms with van der Waals surface area (Å²) in [4.78, 5) is 22.0. The monoisotopic (exact) mass is 468 g/mol. The minimum atomic E-state index is 0.0200. The molecule has 2 heterocycles. The maximum absolute atomic E-state index is 13.2. The van der Waals surface area contributed by atoms with E-state index < -0.39 is 0 Å². The van der Waals surface area contributed by atoms with Crippen molar-refractivity contribution in [3.63, 3.8) is 0 Å². The lowest BCUT2D eigenvalue weighted by atomic mass is 10.1. The van der Waals surface area contributed by atoms with Gasteiger partial charge in [-0.3, -0.25) is 9.69 Å². The largest absolute Gasteiger partial charge is 0.379 e. The Morgan fingerprint density at radius 2 is 1.91 bits per heavy atom. The fourth-order valence-corrected chi connectivity index (χ4v) is 4.03. The summed E-state index contributed by atoms with van der Waals surface area (Å²) in [7, 11) is 0. The Morgan fingerprint density at radius 1 is 1.12 bits per heavy atom. The number of nitrogens with zero attached hydrogens (tertiary/aromatic N) is 4. The summed E-state index contributed by atoms with van der Waals surface area (Å²) < 4.78 is 10.9. The summed E-state index contributed by atoms with van der Waals surface area (Å²) in [5.41, 5.74) is 2.62. The summed E-state index contributed by atoms with van der Waals surface area (Å²) >= 11 is 6.07. The Morgan fingerprint density at radius 3 is 2.67 bits per heavy atom. The van der Waals surface area contributed by atoms with E-state index in [1.54, 1.807) is 12.1 Å². The molecule has 0 unspecified atom stereocenters. The van der Waals surface area contributed by atoms with Crippen LogP contribution in [0.2, 0.25) is 5.02 Å². The molecule has 1 aromatic heterocycles. The molecule has 0 radical (unpaired) electrons. The average Bonchev–Trinajstić information content (AvgIpc) is 3.31. The summed E-state index contributed by atoms with van der Waals surface area (Å²) in [6, 6.07) is 15.0. The maximum Gasteiger partial charge on any atom is 0.253 e. The number of amides is 1. The van der Waals surface area contributed by atoms with Gasteiger partial charge in [-0.05, 0) is 37.6 Å². The number of carbonyl (C=O) groups excluding carboxylic acids is 1. The van der Waals surface area contributed by atoms with E-state index in [-0.39, 0.29) is 5.91 Å². The molecule has 0 saturated carbocycles. The van der Waals surface area contributed by atoms with Gasteiger partial charge < -0.3 is 14.2 Å². The number of carbonyl (C=O) groups is 1. The van der Waals surface area contributed by atoms with Crippen molar-refractivity contribution in [1.82, 2.24) is 19.9 Å². The molecule has 174 valence electrons. The molecule has 0 N–H and O–H groups in total. The highest BCUT2D eigenvalue weighted by molar-refractivity contribution is 6.30. The number of ether oxygens (including phenoxy) is 1. The molecule has 0 atom stereocenters. The van der Waals surface area contributed by atoms with Crippen LogP contribution >= 0.6 is 11.6 Å². The Hall–Kier alpha value is -2.74. The number of hydrogen-bond acceptors (Lipinski definition) is 6. The molecule has 1 fully saturated rings. The summed E-state index contributed by atoms with van der Waals surface area (Å²) in [6.45, 7) is 7.57. The van der Waals surface area contributed by atoms with E-state index >= 15 is 0 Å². The van der Waals surface area contributed by atoms with Crippen LogP contribution in [-0.4, -0.2) is 71.8 Å². The summed E-state index contributed by atoms with van der Waals surface area (Å²) in [5, 5.41) is 4.69. The van der Waals surface area contributed by atoms with Gasteiger partial charge >= 0.3 is 0 Å². The first-order valence-corrected chi connectivity index (χ1v) is 11.7. The molecular weight excluding hydrogens is 440 g/mol. The van der Waals surface area contributed by atoms with Crippen LogP contribution in [0.15, 0.2) is 53.1 Å². The third-order valence-corrected chi connectivity index (χ3v) is 5.97. The van der Waals surface area contributed by atoms with E-state index in [9.17, 15) is 4.79 Å². The lowest BCUT2D eigenvalue weighted by Gasteiger charge is -2.28. The molecule has 1 aliphatic rings. The van der Waals surface area contributed by atoms with E-state index in [0.29, 0.717) is 41.8 Å². The first kappa shape index (κ1) is 23.4. The minimum Gasteiger partial charge on any atom is -0.379 e. The third kappa shape index (κ3) is 6.63. The van der Waals surface area contributed by atoms with Crippen LogP contribution in [0, 0.1) is 6.92 Å². The van der Waals surface area contributed by atoms with Crippen molar-refractivity contribution in [3.8, 4) is 11.4 Å². The number of rotatable bonds is 9. The van der Waals surface area contributed by atoms with Crippen LogP contribution < -0.4 is 0 Å². The zero-order valence-electron chi connectivity index (χ0n) is 18.9. The first-order chi connectivity index (χ1) is 16.1. The molecule has 2 aromatic carbocycles. The highest BCUT2D eigenvalue weighted by atomic mass is 35.5. The number of halogens is 1. The zero-order chi connectivity index (χ0) is 23.0. The predicted molar refractivity (Wildman–Crippen MR) is 127 cm³/mol. The number of aromatic nitrogens is 2. The van der Waals surface area contributed by atoms with Crippen molar-refractivity contribution in [2.75, 3.05) is 45.9 Å². The number of benzene rings is 2. The van der Waals surface area contributed by atoms with Gasteiger partial charge in [0.25, 0.3) is 5.91 Å². The number of hydrogen-bond donors (Lipinski definition) is 0. The highest BCUT2D eigenvalue weighted by Gasteiger charge is 2.18. The minimum absolute atomic E-state index is 0.0200. The Bertz CT molecular complexity index is 1050. The summed E-state index contributed by atoms with van der Waals surface area (Å²) in [5.74, 6) is 1.02. The van der Waals surface area contributed by atoms with Crippen LogP contribution in [0.5, 0.6) is 0 Å². The van der Waals surface area contributed by atoms with Gasteiger partial charge in [0.15, 0.2) is 0 Å². The van der Waals surface area contributed by atoms with Gasteiger partial charge in [-0.25, -0.2) is 0 Å². The summed E-state index contributed by atoms with van der Waals surface area (Å²) in [6.07, 6.45) is 1.39.